The van der Waals surface area contributed by atoms with E-state index in [0.29, 0.717) is 6.61 Å². The third kappa shape index (κ3) is 3.69. The van der Waals surface area contributed by atoms with E-state index >= 15 is 0 Å². The lowest BCUT2D eigenvalue weighted by molar-refractivity contribution is 0.289. The van der Waals surface area contributed by atoms with Crippen molar-refractivity contribution in [2.75, 3.05) is 13.2 Å². The van der Waals surface area contributed by atoms with Crippen molar-refractivity contribution in [1.29, 1.82) is 0 Å². The minimum atomic E-state index is -1.12. The Labute approximate surface area is 77.5 Å². The molecule has 0 unspecified atom stereocenters. The van der Waals surface area contributed by atoms with Gasteiger partial charge in [0.2, 0.25) is 0 Å². The molecule has 0 bridgehead atoms. The third-order valence-electron chi connectivity index (χ3n) is 2.87. The molecule has 0 aliphatic carbocycles. The van der Waals surface area contributed by atoms with E-state index in [2.05, 4.69) is 25.8 Å². The highest BCUT2D eigenvalue weighted by Crippen LogP contribution is 2.15. The van der Waals surface area contributed by atoms with E-state index in [1.165, 1.54) is 18.1 Å². The highest BCUT2D eigenvalue weighted by Gasteiger charge is 2.25. The summed E-state index contributed by atoms with van der Waals surface area (Å²) in [6.07, 6.45) is 0.898. The Hall–Kier alpha value is 0.137. The minimum Gasteiger partial charge on any atom is -0.396 e. The zero-order chi connectivity index (χ0) is 9.45. The van der Waals surface area contributed by atoms with Gasteiger partial charge in [-0.3, -0.25) is 0 Å². The van der Waals surface area contributed by atoms with Gasteiger partial charge in [-0.15, -0.1) is 0 Å². The molecule has 74 valence electrons. The van der Waals surface area contributed by atoms with Crippen molar-refractivity contribution in [3.63, 3.8) is 0 Å². The normalized spacial score (nSPS) is 12.0. The largest absolute Gasteiger partial charge is 0.396 e. The van der Waals surface area contributed by atoms with Gasteiger partial charge in [0.05, 0.1) is 0 Å². The van der Waals surface area contributed by atoms with Crippen molar-refractivity contribution in [3.8, 4) is 0 Å². The smallest absolute Gasteiger partial charge is 0.124 e. The summed E-state index contributed by atoms with van der Waals surface area (Å²) in [6.45, 7) is 8.16. The van der Waals surface area contributed by atoms with Crippen LogP contribution in [0.15, 0.2) is 0 Å². The van der Waals surface area contributed by atoms with Crippen molar-refractivity contribution >= 4 is 8.24 Å². The molecule has 0 radical (unpaired) electrons. The van der Waals surface area contributed by atoms with Gasteiger partial charge in [0, 0.05) is 6.61 Å². The topological polar surface area (TPSA) is 32.3 Å². The molecule has 0 amide bonds. The second kappa shape index (κ2) is 6.63. The molecule has 12 heavy (non-hydrogen) atoms. The van der Waals surface area contributed by atoms with Gasteiger partial charge in [0.1, 0.15) is 8.24 Å². The Morgan fingerprint density at radius 1 is 1.08 bits per heavy atom. The van der Waals surface area contributed by atoms with Gasteiger partial charge in [0.25, 0.3) is 0 Å². The maximum atomic E-state index is 8.66. The quantitative estimate of drug-likeness (QED) is 0.474. The van der Waals surface area contributed by atoms with Crippen LogP contribution < -0.4 is 4.98 Å². The molecule has 0 saturated heterocycles. The molecule has 0 spiro atoms. The number of aliphatic hydroxyl groups excluding tert-OH is 1. The average Bonchev–Trinajstić information content (AvgIpc) is 2.14. The van der Waals surface area contributed by atoms with E-state index in [9.17, 15) is 0 Å². The van der Waals surface area contributed by atoms with Gasteiger partial charge in [0.15, 0.2) is 0 Å². The van der Waals surface area contributed by atoms with Crippen molar-refractivity contribution < 1.29 is 5.11 Å². The molecule has 0 aliphatic heterocycles. The van der Waals surface area contributed by atoms with Crippen LogP contribution in [0.4, 0.5) is 0 Å². The summed E-state index contributed by atoms with van der Waals surface area (Å²) in [5, 5.41) is 8.66. The van der Waals surface area contributed by atoms with Crippen LogP contribution >= 0.6 is 0 Å². The van der Waals surface area contributed by atoms with E-state index in [1.807, 2.05) is 0 Å². The van der Waals surface area contributed by atoms with E-state index < -0.39 is 8.24 Å². The Kier molecular flexibility index (Phi) is 6.71. The fraction of sp³-hybridized carbons (Fsp3) is 1.00. The first-order valence-corrected chi connectivity index (χ1v) is 7.72. The van der Waals surface area contributed by atoms with Gasteiger partial charge >= 0.3 is 0 Å². The zero-order valence-corrected chi connectivity index (χ0v) is 9.69. The van der Waals surface area contributed by atoms with Crippen LogP contribution in [0, 0.1) is 0 Å². The number of nitrogens with one attached hydrogen (secondary N) is 1. The van der Waals surface area contributed by atoms with Crippen LogP contribution in [0.2, 0.25) is 18.1 Å². The van der Waals surface area contributed by atoms with Crippen molar-refractivity contribution in [2.45, 2.75) is 45.3 Å². The maximum absolute atomic E-state index is 8.66. The van der Waals surface area contributed by atoms with Gasteiger partial charge in [-0.05, 0) is 31.1 Å². The monoisotopic (exact) mass is 189 g/mol. The summed E-state index contributed by atoms with van der Waals surface area (Å²) in [4.78, 5) is 3.66. The first kappa shape index (κ1) is 12.1. The fourth-order valence-corrected chi connectivity index (χ4v) is 4.51. The van der Waals surface area contributed by atoms with Crippen LogP contribution in [0.1, 0.15) is 27.2 Å². The molecule has 0 aromatic heterocycles. The predicted molar refractivity (Wildman–Crippen MR) is 56.9 cm³/mol. The number of rotatable bonds is 7. The Bertz CT molecular complexity index is 96.4. The highest BCUT2D eigenvalue weighted by molar-refractivity contribution is 6.77. The first-order valence-electron chi connectivity index (χ1n) is 5.10. The Morgan fingerprint density at radius 3 is 1.92 bits per heavy atom. The molecular formula is C9H23NOSi. The molecule has 0 rings (SSSR count). The number of hydrogen-bond donors (Lipinski definition) is 2. The molecular weight excluding hydrogens is 166 g/mol. The summed E-state index contributed by atoms with van der Waals surface area (Å²) in [5.74, 6) is 0. The van der Waals surface area contributed by atoms with Gasteiger partial charge in [-0.2, -0.15) is 0 Å². The summed E-state index contributed by atoms with van der Waals surface area (Å²) < 4.78 is 0. The molecule has 0 atom stereocenters. The van der Waals surface area contributed by atoms with Crippen molar-refractivity contribution in [1.82, 2.24) is 4.98 Å². The summed E-state index contributed by atoms with van der Waals surface area (Å²) in [7, 11) is -1.12. The first-order chi connectivity index (χ1) is 5.74. The SMILES string of the molecule is CC[Si](CC)(CC)NCCCO. The van der Waals surface area contributed by atoms with Gasteiger partial charge < -0.3 is 10.1 Å². The fourth-order valence-electron chi connectivity index (χ4n) is 1.56. The maximum Gasteiger partial charge on any atom is 0.124 e. The van der Waals surface area contributed by atoms with Crippen LogP contribution in [-0.2, 0) is 0 Å². The van der Waals surface area contributed by atoms with Crippen LogP contribution in [-0.4, -0.2) is 26.5 Å². The minimum absolute atomic E-state index is 0.314. The Morgan fingerprint density at radius 2 is 1.58 bits per heavy atom. The standard InChI is InChI=1S/C9H23NOSi/c1-4-12(5-2,6-3)10-8-7-9-11/h10-11H,4-9H2,1-3H3. The molecule has 0 fully saturated rings. The molecule has 3 heteroatoms. The molecule has 0 aromatic rings. The van der Waals surface area contributed by atoms with Crippen LogP contribution in [0.5, 0.6) is 0 Å². The van der Waals surface area contributed by atoms with E-state index in [-0.39, 0.29) is 0 Å². The lowest BCUT2D eigenvalue weighted by Crippen LogP contribution is -2.49. The van der Waals surface area contributed by atoms with Gasteiger partial charge in [-0.1, -0.05) is 20.8 Å². The van der Waals surface area contributed by atoms with Crippen molar-refractivity contribution in [2.24, 2.45) is 0 Å². The van der Waals surface area contributed by atoms with E-state index in [0.717, 1.165) is 13.0 Å². The predicted octanol–water partition coefficient (Wildman–Crippen LogP) is 1.96. The van der Waals surface area contributed by atoms with Gasteiger partial charge in [-0.25, -0.2) is 0 Å². The summed E-state index contributed by atoms with van der Waals surface area (Å²) >= 11 is 0. The molecule has 0 heterocycles. The number of hydrogen-bond acceptors (Lipinski definition) is 2. The van der Waals surface area contributed by atoms with Crippen LogP contribution in [0.25, 0.3) is 0 Å². The number of aliphatic hydroxyl groups is 1. The Balaban J connectivity index is 3.76. The van der Waals surface area contributed by atoms with E-state index in [4.69, 9.17) is 5.11 Å². The lowest BCUT2D eigenvalue weighted by atomic mass is 10.5. The lowest BCUT2D eigenvalue weighted by Gasteiger charge is -2.29. The molecule has 2 N–H and O–H groups in total. The highest BCUT2D eigenvalue weighted by atomic mass is 28.3. The van der Waals surface area contributed by atoms with Crippen molar-refractivity contribution in [3.05, 3.63) is 0 Å². The molecule has 0 saturated carbocycles. The molecule has 2 nitrogen and oxygen atoms in total. The van der Waals surface area contributed by atoms with E-state index in [1.54, 1.807) is 0 Å². The third-order valence-corrected chi connectivity index (χ3v) is 7.93. The second-order valence-corrected chi connectivity index (χ2v) is 8.38. The molecule has 0 aromatic carbocycles. The average molecular weight is 189 g/mol. The summed E-state index contributed by atoms with van der Waals surface area (Å²) in [6, 6.07) is 3.93. The second-order valence-electron chi connectivity index (χ2n) is 3.34. The summed E-state index contributed by atoms with van der Waals surface area (Å²) in [5.41, 5.74) is 0. The zero-order valence-electron chi connectivity index (χ0n) is 8.69. The molecule has 0 aliphatic rings. The van der Waals surface area contributed by atoms with Crippen LogP contribution in [0.3, 0.4) is 0 Å².